The van der Waals surface area contributed by atoms with E-state index in [2.05, 4.69) is 20.0 Å². The molecule has 0 saturated carbocycles. The van der Waals surface area contributed by atoms with Gasteiger partial charge >= 0.3 is 0 Å². The van der Waals surface area contributed by atoms with Crippen molar-refractivity contribution in [3.8, 4) is 5.75 Å². The molecule has 8 nitrogen and oxygen atoms in total. The highest BCUT2D eigenvalue weighted by Crippen LogP contribution is 2.27. The largest absolute Gasteiger partial charge is 0.483 e. The first-order valence-corrected chi connectivity index (χ1v) is 11.0. The molecule has 1 heterocycles. The zero-order valence-electron chi connectivity index (χ0n) is 17.7. The summed E-state index contributed by atoms with van der Waals surface area (Å²) in [4.78, 5) is 20.3. The first-order chi connectivity index (χ1) is 14.6. The van der Waals surface area contributed by atoms with Crippen molar-refractivity contribution >= 4 is 27.4 Å². The number of hydrogen-bond donors (Lipinski definition) is 1. The van der Waals surface area contributed by atoms with Crippen LogP contribution >= 0.6 is 0 Å². The van der Waals surface area contributed by atoms with Crippen LogP contribution in [0, 0.1) is 27.7 Å². The number of carbonyl (C=O) groups excluding carboxylic acids is 1. The summed E-state index contributed by atoms with van der Waals surface area (Å²) in [6.45, 7) is 7.07. The Balaban J connectivity index is 1.63. The van der Waals surface area contributed by atoms with Gasteiger partial charge in [-0.3, -0.25) is 9.78 Å². The van der Waals surface area contributed by atoms with Gasteiger partial charge in [-0.2, -0.15) is 0 Å². The SMILES string of the molecule is Cc1cc([N-]S(=O)(=O)c2ccc(NC(=O)COc3c(C)cccc3C)cc2)nc(C)n1. The molecule has 31 heavy (non-hydrogen) atoms. The molecular weight excluding hydrogens is 416 g/mol. The average Bonchev–Trinajstić information content (AvgIpc) is 2.67. The Morgan fingerprint density at radius 1 is 1.00 bits per heavy atom. The molecule has 0 atom stereocenters. The van der Waals surface area contributed by atoms with Crippen LogP contribution in [0.5, 0.6) is 5.75 Å². The Morgan fingerprint density at radius 3 is 2.26 bits per heavy atom. The number of nitrogens with one attached hydrogen (secondary N) is 1. The van der Waals surface area contributed by atoms with Gasteiger partial charge in [-0.15, -0.1) is 0 Å². The topological polar surface area (TPSA) is 112 Å². The molecule has 0 aliphatic heterocycles. The molecule has 1 aromatic heterocycles. The minimum Gasteiger partial charge on any atom is -0.483 e. The lowest BCUT2D eigenvalue weighted by atomic mass is 10.1. The van der Waals surface area contributed by atoms with Gasteiger partial charge in [0.1, 0.15) is 5.75 Å². The molecule has 1 N–H and O–H groups in total. The van der Waals surface area contributed by atoms with Crippen molar-refractivity contribution in [3.05, 3.63) is 75.9 Å². The minimum atomic E-state index is -3.95. The lowest BCUT2D eigenvalue weighted by molar-refractivity contribution is -0.118. The number of amides is 1. The summed E-state index contributed by atoms with van der Waals surface area (Å²) in [5.74, 6) is 0.840. The van der Waals surface area contributed by atoms with Gasteiger partial charge in [0.05, 0.1) is 4.90 Å². The Bertz CT molecular complexity index is 1170. The number of benzene rings is 2. The predicted octanol–water partition coefficient (Wildman–Crippen LogP) is 4.12. The Morgan fingerprint density at radius 2 is 1.65 bits per heavy atom. The third kappa shape index (κ3) is 5.79. The smallest absolute Gasteiger partial charge is 0.262 e. The molecule has 3 rings (SSSR count). The summed E-state index contributed by atoms with van der Waals surface area (Å²) in [6.07, 6.45) is 0. The van der Waals surface area contributed by atoms with E-state index >= 15 is 0 Å². The summed E-state index contributed by atoms with van der Waals surface area (Å²) < 4.78 is 34.5. The van der Waals surface area contributed by atoms with E-state index in [0.29, 0.717) is 23.0 Å². The number of rotatable bonds is 7. The van der Waals surface area contributed by atoms with E-state index in [-0.39, 0.29) is 23.2 Å². The van der Waals surface area contributed by atoms with Gasteiger partial charge in [0, 0.05) is 17.2 Å². The molecule has 0 spiro atoms. The summed E-state index contributed by atoms with van der Waals surface area (Å²) in [5, 5.41) is 2.68. The molecule has 0 bridgehead atoms. The number of sulfonamides is 1. The molecular formula is C22H23N4O4S-. The number of aromatic nitrogens is 2. The van der Waals surface area contributed by atoms with E-state index in [1.54, 1.807) is 13.8 Å². The molecule has 162 valence electrons. The van der Waals surface area contributed by atoms with Crippen LogP contribution in [0.1, 0.15) is 22.6 Å². The predicted molar refractivity (Wildman–Crippen MR) is 118 cm³/mol. The first-order valence-electron chi connectivity index (χ1n) is 9.53. The fraction of sp³-hybridized carbons (Fsp3) is 0.227. The Kier molecular flexibility index (Phi) is 6.55. The second-order valence-corrected chi connectivity index (χ2v) is 8.67. The zero-order valence-corrected chi connectivity index (χ0v) is 18.5. The van der Waals surface area contributed by atoms with Gasteiger partial charge in [-0.25, -0.2) is 8.42 Å². The number of carbonyl (C=O) groups is 1. The van der Waals surface area contributed by atoms with E-state index in [1.165, 1.54) is 30.3 Å². The van der Waals surface area contributed by atoms with Crippen LogP contribution in [0.3, 0.4) is 0 Å². The summed E-state index contributed by atoms with van der Waals surface area (Å²) in [7, 11) is -3.95. The van der Waals surface area contributed by atoms with Gasteiger partial charge in [-0.05, 0) is 75.0 Å². The van der Waals surface area contributed by atoms with Crippen molar-refractivity contribution in [1.29, 1.82) is 0 Å². The monoisotopic (exact) mass is 439 g/mol. The summed E-state index contributed by atoms with van der Waals surface area (Å²) in [5.41, 5.74) is 2.96. The molecule has 1 amide bonds. The number of aryl methyl sites for hydroxylation is 4. The fourth-order valence-corrected chi connectivity index (χ4v) is 3.92. The molecule has 0 aliphatic rings. The minimum absolute atomic E-state index is 0.00815. The van der Waals surface area contributed by atoms with Crippen molar-refractivity contribution in [2.75, 3.05) is 11.9 Å². The van der Waals surface area contributed by atoms with Crippen LogP contribution in [-0.2, 0) is 14.8 Å². The van der Waals surface area contributed by atoms with E-state index in [0.717, 1.165) is 11.1 Å². The number of para-hydroxylation sites is 1. The summed E-state index contributed by atoms with van der Waals surface area (Å²) >= 11 is 0. The average molecular weight is 440 g/mol. The van der Waals surface area contributed by atoms with Crippen LogP contribution in [-0.4, -0.2) is 30.9 Å². The fourth-order valence-electron chi connectivity index (χ4n) is 2.99. The lowest BCUT2D eigenvalue weighted by Gasteiger charge is -2.17. The van der Waals surface area contributed by atoms with Crippen LogP contribution in [0.2, 0.25) is 0 Å². The number of anilines is 1. The number of hydrogen-bond acceptors (Lipinski definition) is 6. The number of ether oxygens (including phenoxy) is 1. The normalized spacial score (nSPS) is 11.1. The first kappa shape index (κ1) is 22.2. The van der Waals surface area contributed by atoms with Gasteiger partial charge in [0.2, 0.25) is 10.0 Å². The van der Waals surface area contributed by atoms with Crippen molar-refractivity contribution in [3.63, 3.8) is 0 Å². The van der Waals surface area contributed by atoms with Crippen LogP contribution in [0.15, 0.2) is 53.4 Å². The maximum absolute atomic E-state index is 12.5. The maximum atomic E-state index is 12.5. The highest BCUT2D eigenvalue weighted by atomic mass is 32.2. The highest BCUT2D eigenvalue weighted by molar-refractivity contribution is 7.94. The molecule has 0 fully saturated rings. The van der Waals surface area contributed by atoms with Gasteiger partial charge in [0.25, 0.3) is 5.91 Å². The second-order valence-electron chi connectivity index (χ2n) is 7.06. The number of nitrogens with zero attached hydrogens (tertiary/aromatic N) is 3. The molecule has 0 radical (unpaired) electrons. The standard InChI is InChI=1S/C22H24N4O4S/c1-14-6-5-7-15(2)22(14)30-13-21(27)25-18-8-10-19(11-9-18)31(28,29)26-20-12-16(3)23-17(4)24-20/h5-12H,13H2,1-4H3,(H2,23,24,25,26,27)/p-1. The van der Waals surface area contributed by atoms with Gasteiger partial charge in [0.15, 0.2) is 6.61 Å². The highest BCUT2D eigenvalue weighted by Gasteiger charge is 2.12. The third-order valence-corrected chi connectivity index (χ3v) is 5.65. The third-order valence-electron chi connectivity index (χ3n) is 4.36. The van der Waals surface area contributed by atoms with Crippen molar-refractivity contribution in [2.24, 2.45) is 0 Å². The molecule has 9 heteroatoms. The summed E-state index contributed by atoms with van der Waals surface area (Å²) in [6, 6.07) is 13.0. The van der Waals surface area contributed by atoms with Crippen LogP contribution in [0.4, 0.5) is 11.5 Å². The Labute approximate surface area is 181 Å². The van der Waals surface area contributed by atoms with Crippen LogP contribution in [0.25, 0.3) is 4.72 Å². The van der Waals surface area contributed by atoms with Crippen molar-refractivity contribution in [1.82, 2.24) is 9.97 Å². The zero-order chi connectivity index (χ0) is 22.6. The van der Waals surface area contributed by atoms with Crippen molar-refractivity contribution in [2.45, 2.75) is 32.6 Å². The van der Waals surface area contributed by atoms with Gasteiger partial charge in [-0.1, -0.05) is 18.2 Å². The van der Waals surface area contributed by atoms with Gasteiger partial charge < -0.3 is 19.8 Å². The molecule has 0 aliphatic carbocycles. The van der Waals surface area contributed by atoms with Crippen molar-refractivity contribution < 1.29 is 17.9 Å². The van der Waals surface area contributed by atoms with E-state index < -0.39 is 10.0 Å². The van der Waals surface area contributed by atoms with Crippen LogP contribution < -0.4 is 10.1 Å². The lowest BCUT2D eigenvalue weighted by Crippen LogP contribution is -2.20. The second kappa shape index (κ2) is 9.13. The van der Waals surface area contributed by atoms with E-state index in [4.69, 9.17) is 4.74 Å². The van der Waals surface area contributed by atoms with E-state index in [9.17, 15) is 13.2 Å². The maximum Gasteiger partial charge on any atom is 0.262 e. The molecule has 2 aromatic carbocycles. The Hall–Kier alpha value is -3.46. The molecule has 3 aromatic rings. The molecule has 0 saturated heterocycles. The van der Waals surface area contributed by atoms with E-state index in [1.807, 2.05) is 32.0 Å². The quantitative estimate of drug-likeness (QED) is 0.592. The molecule has 0 unspecified atom stereocenters.